The fourth-order valence-electron chi connectivity index (χ4n) is 1.23. The van der Waals surface area contributed by atoms with Gasteiger partial charge in [-0.15, -0.1) is 0 Å². The van der Waals surface area contributed by atoms with E-state index < -0.39 is 0 Å². The Labute approximate surface area is 99.6 Å². The molecule has 1 aliphatic rings. The highest BCUT2D eigenvalue weighted by molar-refractivity contribution is 5.68. The monoisotopic (exact) mass is 233 g/mol. The Kier molecular flexibility index (Phi) is 10.4. The Hall–Kier alpha value is -0.770. The van der Waals surface area contributed by atoms with Gasteiger partial charge in [0.2, 0.25) is 0 Å². The molecule has 0 aromatic heterocycles. The standard InChI is InChI=1S/C9H17NO2.C2H6.CH4O/c1-9(2,3)12-8(11)10-6-4-5-7-10;2*1-2/h4-7H2,1-3H3;1-2H3;2H,1H3. The summed E-state index contributed by atoms with van der Waals surface area (Å²) in [5, 5.41) is 7.00. The molecule has 0 radical (unpaired) electrons. The van der Waals surface area contributed by atoms with Crippen molar-refractivity contribution in [3.05, 3.63) is 0 Å². The molecular weight excluding hydrogens is 206 g/mol. The quantitative estimate of drug-likeness (QED) is 0.699. The Morgan fingerprint density at radius 3 is 1.81 bits per heavy atom. The lowest BCUT2D eigenvalue weighted by molar-refractivity contribution is 0.0295. The maximum absolute atomic E-state index is 11.4. The number of carbonyl (C=O) groups excluding carboxylic acids is 1. The number of rotatable bonds is 0. The van der Waals surface area contributed by atoms with Gasteiger partial charge in [-0.05, 0) is 33.6 Å². The molecule has 4 heteroatoms. The van der Waals surface area contributed by atoms with Crippen LogP contribution >= 0.6 is 0 Å². The van der Waals surface area contributed by atoms with Crippen molar-refractivity contribution >= 4 is 6.09 Å². The molecule has 0 saturated carbocycles. The molecule has 0 unspecified atom stereocenters. The van der Waals surface area contributed by atoms with Crippen molar-refractivity contribution in [2.75, 3.05) is 20.2 Å². The topological polar surface area (TPSA) is 49.8 Å². The van der Waals surface area contributed by atoms with Gasteiger partial charge in [0.1, 0.15) is 5.60 Å². The number of carbonyl (C=O) groups is 1. The lowest BCUT2D eigenvalue weighted by Crippen LogP contribution is -2.34. The van der Waals surface area contributed by atoms with E-state index in [4.69, 9.17) is 9.84 Å². The van der Waals surface area contributed by atoms with Crippen molar-refractivity contribution < 1.29 is 14.6 Å². The van der Waals surface area contributed by atoms with Crippen LogP contribution in [0.4, 0.5) is 4.79 Å². The minimum absolute atomic E-state index is 0.167. The van der Waals surface area contributed by atoms with Gasteiger partial charge in [0.05, 0.1) is 0 Å². The van der Waals surface area contributed by atoms with Crippen LogP contribution in [0.5, 0.6) is 0 Å². The summed E-state index contributed by atoms with van der Waals surface area (Å²) >= 11 is 0. The fourth-order valence-corrected chi connectivity index (χ4v) is 1.23. The van der Waals surface area contributed by atoms with Crippen LogP contribution in [0.25, 0.3) is 0 Å². The van der Waals surface area contributed by atoms with Crippen LogP contribution in [0, 0.1) is 0 Å². The van der Waals surface area contributed by atoms with Gasteiger partial charge in [-0.1, -0.05) is 13.8 Å². The van der Waals surface area contributed by atoms with Crippen molar-refractivity contribution in [3.63, 3.8) is 0 Å². The van der Waals surface area contributed by atoms with Gasteiger partial charge in [0.15, 0.2) is 0 Å². The van der Waals surface area contributed by atoms with Gasteiger partial charge in [0, 0.05) is 20.2 Å². The van der Waals surface area contributed by atoms with Crippen LogP contribution in [-0.4, -0.2) is 41.9 Å². The molecule has 1 amide bonds. The largest absolute Gasteiger partial charge is 0.444 e. The molecule has 0 aliphatic carbocycles. The zero-order valence-corrected chi connectivity index (χ0v) is 11.5. The van der Waals surface area contributed by atoms with E-state index in [-0.39, 0.29) is 11.7 Å². The summed E-state index contributed by atoms with van der Waals surface area (Å²) in [7, 11) is 1.00. The zero-order chi connectivity index (χ0) is 13.2. The summed E-state index contributed by atoms with van der Waals surface area (Å²) in [4.78, 5) is 13.1. The Morgan fingerprint density at radius 2 is 1.50 bits per heavy atom. The highest BCUT2D eigenvalue weighted by Gasteiger charge is 2.23. The maximum Gasteiger partial charge on any atom is 0.410 e. The first kappa shape index (κ1) is 17.6. The third-order valence-electron chi connectivity index (χ3n) is 1.76. The molecule has 0 atom stereocenters. The van der Waals surface area contributed by atoms with E-state index in [2.05, 4.69) is 0 Å². The minimum atomic E-state index is -0.361. The van der Waals surface area contributed by atoms with Gasteiger partial charge in [-0.25, -0.2) is 4.79 Å². The third-order valence-corrected chi connectivity index (χ3v) is 1.76. The molecule has 1 heterocycles. The van der Waals surface area contributed by atoms with E-state index in [1.165, 1.54) is 0 Å². The van der Waals surface area contributed by atoms with E-state index in [9.17, 15) is 4.79 Å². The molecule has 1 rings (SSSR count). The number of nitrogens with zero attached hydrogens (tertiary/aromatic N) is 1. The van der Waals surface area contributed by atoms with E-state index in [0.29, 0.717) is 0 Å². The summed E-state index contributed by atoms with van der Waals surface area (Å²) in [5.41, 5.74) is -0.361. The first-order chi connectivity index (χ1) is 7.49. The molecule has 1 saturated heterocycles. The number of amides is 1. The van der Waals surface area contributed by atoms with E-state index >= 15 is 0 Å². The average molecular weight is 233 g/mol. The van der Waals surface area contributed by atoms with Crippen LogP contribution in [0.2, 0.25) is 0 Å². The van der Waals surface area contributed by atoms with Gasteiger partial charge < -0.3 is 14.7 Å². The second-order valence-electron chi connectivity index (χ2n) is 4.17. The van der Waals surface area contributed by atoms with Gasteiger partial charge >= 0.3 is 6.09 Å². The summed E-state index contributed by atoms with van der Waals surface area (Å²) in [5.74, 6) is 0. The average Bonchev–Trinajstić information content (AvgIpc) is 2.74. The van der Waals surface area contributed by atoms with Crippen LogP contribution in [-0.2, 0) is 4.74 Å². The summed E-state index contributed by atoms with van der Waals surface area (Å²) in [6.45, 7) is 11.4. The van der Waals surface area contributed by atoms with Crippen molar-refractivity contribution in [2.45, 2.75) is 53.1 Å². The van der Waals surface area contributed by atoms with Crippen molar-refractivity contribution in [3.8, 4) is 0 Å². The fraction of sp³-hybridized carbons (Fsp3) is 0.917. The van der Waals surface area contributed by atoms with Crippen molar-refractivity contribution in [1.29, 1.82) is 0 Å². The second kappa shape index (κ2) is 9.46. The summed E-state index contributed by atoms with van der Waals surface area (Å²) in [6, 6.07) is 0. The molecule has 16 heavy (non-hydrogen) atoms. The minimum Gasteiger partial charge on any atom is -0.444 e. The molecule has 0 aromatic carbocycles. The highest BCUT2D eigenvalue weighted by Crippen LogP contribution is 2.14. The zero-order valence-electron chi connectivity index (χ0n) is 11.5. The SMILES string of the molecule is CC.CC(C)(C)OC(=O)N1CCCC1.CO. The van der Waals surface area contributed by atoms with Crippen molar-refractivity contribution in [2.24, 2.45) is 0 Å². The van der Waals surface area contributed by atoms with Crippen molar-refractivity contribution in [1.82, 2.24) is 4.90 Å². The molecule has 4 nitrogen and oxygen atoms in total. The predicted octanol–water partition coefficient (Wildman–Crippen LogP) is 2.65. The molecule has 1 N–H and O–H groups in total. The molecule has 98 valence electrons. The maximum atomic E-state index is 11.4. The van der Waals surface area contributed by atoms with Crippen LogP contribution < -0.4 is 0 Å². The number of ether oxygens (including phenoxy) is 1. The van der Waals surface area contributed by atoms with Gasteiger partial charge in [0.25, 0.3) is 0 Å². The third kappa shape index (κ3) is 8.53. The first-order valence-corrected chi connectivity index (χ1v) is 5.92. The van der Waals surface area contributed by atoms with E-state index in [1.54, 1.807) is 4.90 Å². The number of aliphatic hydroxyl groups excluding tert-OH is 1. The van der Waals surface area contributed by atoms with Gasteiger partial charge in [-0.3, -0.25) is 0 Å². The first-order valence-electron chi connectivity index (χ1n) is 5.92. The predicted molar refractivity (Wildman–Crippen MR) is 66.5 cm³/mol. The Bertz CT molecular complexity index is 170. The lowest BCUT2D eigenvalue weighted by atomic mass is 10.2. The molecule has 1 aliphatic heterocycles. The van der Waals surface area contributed by atoms with Crippen LogP contribution in [0.1, 0.15) is 47.5 Å². The highest BCUT2D eigenvalue weighted by atomic mass is 16.6. The molecule has 1 fully saturated rings. The number of aliphatic hydroxyl groups is 1. The number of hydrogen-bond donors (Lipinski definition) is 1. The lowest BCUT2D eigenvalue weighted by Gasteiger charge is -2.23. The van der Waals surface area contributed by atoms with Gasteiger partial charge in [-0.2, -0.15) is 0 Å². The van der Waals surface area contributed by atoms with Crippen LogP contribution in [0.15, 0.2) is 0 Å². The number of likely N-dealkylation sites (tertiary alicyclic amines) is 1. The van der Waals surface area contributed by atoms with E-state index in [0.717, 1.165) is 33.0 Å². The Balaban J connectivity index is 0. The smallest absolute Gasteiger partial charge is 0.410 e. The Morgan fingerprint density at radius 1 is 1.12 bits per heavy atom. The molecule has 0 spiro atoms. The molecule has 0 aromatic rings. The molecule has 0 bridgehead atoms. The summed E-state index contributed by atoms with van der Waals surface area (Å²) in [6.07, 6.45) is 2.05. The second-order valence-corrected chi connectivity index (χ2v) is 4.17. The van der Waals surface area contributed by atoms with E-state index in [1.807, 2.05) is 34.6 Å². The summed E-state index contributed by atoms with van der Waals surface area (Å²) < 4.78 is 5.21. The normalized spacial score (nSPS) is 14.3. The molecular formula is C12H27NO3. The van der Waals surface area contributed by atoms with Crippen LogP contribution in [0.3, 0.4) is 0 Å². The number of hydrogen-bond acceptors (Lipinski definition) is 3.